The van der Waals surface area contributed by atoms with Crippen LogP contribution in [0.2, 0.25) is 5.02 Å². The highest BCUT2D eigenvalue weighted by molar-refractivity contribution is 6.30. The summed E-state index contributed by atoms with van der Waals surface area (Å²) in [5.41, 5.74) is 2.51. The summed E-state index contributed by atoms with van der Waals surface area (Å²) in [5.74, 6) is 0.822. The minimum Gasteiger partial charge on any atom is -0.355 e. The molecule has 2 aromatic rings. The van der Waals surface area contributed by atoms with Gasteiger partial charge in [-0.25, -0.2) is 0 Å². The number of hydrogen-bond acceptors (Lipinski definition) is 3. The molecular formula is C14H16ClN3O. The van der Waals surface area contributed by atoms with Gasteiger partial charge in [-0.2, -0.15) is 5.10 Å². The lowest BCUT2D eigenvalue weighted by Crippen LogP contribution is -2.20. The fourth-order valence-electron chi connectivity index (χ4n) is 2.19. The summed E-state index contributed by atoms with van der Waals surface area (Å²) in [7, 11) is 3.78. The third-order valence-corrected chi connectivity index (χ3v) is 3.30. The van der Waals surface area contributed by atoms with Gasteiger partial charge < -0.3 is 4.90 Å². The van der Waals surface area contributed by atoms with Crippen LogP contribution in [0.3, 0.4) is 0 Å². The van der Waals surface area contributed by atoms with E-state index in [1.54, 1.807) is 4.68 Å². The summed E-state index contributed by atoms with van der Waals surface area (Å²) < 4.78 is 1.73. The second-order valence-electron chi connectivity index (χ2n) is 4.55. The van der Waals surface area contributed by atoms with E-state index in [0.717, 1.165) is 28.4 Å². The smallest absolute Gasteiger partial charge is 0.155 e. The van der Waals surface area contributed by atoms with Gasteiger partial charge >= 0.3 is 0 Å². The number of benzene rings is 1. The average Bonchev–Trinajstić information content (AvgIpc) is 2.66. The summed E-state index contributed by atoms with van der Waals surface area (Å²) >= 11 is 5.87. The van der Waals surface area contributed by atoms with Crippen molar-refractivity contribution < 1.29 is 4.79 Å². The van der Waals surface area contributed by atoms with Crippen molar-refractivity contribution in [3.8, 4) is 0 Å². The fourth-order valence-corrected chi connectivity index (χ4v) is 2.32. The summed E-state index contributed by atoms with van der Waals surface area (Å²) in [5, 5.41) is 5.00. The Labute approximate surface area is 117 Å². The van der Waals surface area contributed by atoms with E-state index in [4.69, 9.17) is 11.6 Å². The lowest BCUT2D eigenvalue weighted by molar-refractivity contribution is 0.112. The van der Waals surface area contributed by atoms with Crippen molar-refractivity contribution in [1.29, 1.82) is 0 Å². The molecule has 0 saturated carbocycles. The van der Waals surface area contributed by atoms with Crippen LogP contribution in [0.4, 0.5) is 5.82 Å². The Bertz CT molecular complexity index is 589. The van der Waals surface area contributed by atoms with E-state index in [2.05, 4.69) is 5.10 Å². The SMILES string of the molecule is Cc1nn(C)c(N(C)Cc2ccc(Cl)cc2)c1C=O. The Kier molecular flexibility index (Phi) is 3.90. The van der Waals surface area contributed by atoms with Crippen LogP contribution in [0.15, 0.2) is 24.3 Å². The molecule has 0 amide bonds. The topological polar surface area (TPSA) is 38.1 Å². The van der Waals surface area contributed by atoms with Gasteiger partial charge in [0.15, 0.2) is 6.29 Å². The molecule has 0 N–H and O–H groups in total. The molecule has 0 unspecified atom stereocenters. The standard InChI is InChI=1S/C14H16ClN3O/c1-10-13(9-19)14(18(3)16-10)17(2)8-11-4-6-12(15)7-5-11/h4-7,9H,8H2,1-3H3. The molecule has 0 saturated heterocycles. The normalized spacial score (nSPS) is 10.5. The molecule has 5 heteroatoms. The highest BCUT2D eigenvalue weighted by Crippen LogP contribution is 2.22. The minimum atomic E-state index is 0.638. The lowest BCUT2D eigenvalue weighted by Gasteiger charge is -2.20. The highest BCUT2D eigenvalue weighted by Gasteiger charge is 2.16. The largest absolute Gasteiger partial charge is 0.355 e. The first-order valence-electron chi connectivity index (χ1n) is 5.97. The van der Waals surface area contributed by atoms with Crippen molar-refractivity contribution in [3.63, 3.8) is 0 Å². The Morgan fingerprint density at radius 1 is 1.37 bits per heavy atom. The van der Waals surface area contributed by atoms with Gasteiger partial charge in [0.2, 0.25) is 0 Å². The van der Waals surface area contributed by atoms with Gasteiger partial charge in [-0.3, -0.25) is 9.48 Å². The van der Waals surface area contributed by atoms with Crippen molar-refractivity contribution in [2.45, 2.75) is 13.5 Å². The van der Waals surface area contributed by atoms with Crippen LogP contribution in [0.1, 0.15) is 21.6 Å². The second kappa shape index (κ2) is 5.45. The molecular weight excluding hydrogens is 262 g/mol. The molecule has 1 heterocycles. The number of aryl methyl sites for hydroxylation is 2. The maximum absolute atomic E-state index is 11.2. The molecule has 0 aliphatic carbocycles. The number of aromatic nitrogens is 2. The predicted molar refractivity (Wildman–Crippen MR) is 76.9 cm³/mol. The monoisotopic (exact) mass is 277 g/mol. The van der Waals surface area contributed by atoms with Gasteiger partial charge in [-0.05, 0) is 24.6 Å². The molecule has 1 aromatic heterocycles. The Morgan fingerprint density at radius 2 is 2.00 bits per heavy atom. The van der Waals surface area contributed by atoms with Crippen LogP contribution in [-0.2, 0) is 13.6 Å². The molecule has 2 rings (SSSR count). The number of nitrogens with zero attached hydrogens (tertiary/aromatic N) is 3. The summed E-state index contributed by atoms with van der Waals surface area (Å²) in [6, 6.07) is 7.67. The number of anilines is 1. The van der Waals surface area contributed by atoms with Crippen LogP contribution in [0, 0.1) is 6.92 Å². The quantitative estimate of drug-likeness (QED) is 0.807. The van der Waals surface area contributed by atoms with Crippen LogP contribution in [0.5, 0.6) is 0 Å². The van der Waals surface area contributed by atoms with E-state index in [0.29, 0.717) is 12.1 Å². The Hall–Kier alpha value is -1.81. The van der Waals surface area contributed by atoms with Gasteiger partial charge in [-0.15, -0.1) is 0 Å². The van der Waals surface area contributed by atoms with Gasteiger partial charge in [0.05, 0.1) is 11.3 Å². The zero-order valence-corrected chi connectivity index (χ0v) is 12.0. The van der Waals surface area contributed by atoms with Gasteiger partial charge in [0.25, 0.3) is 0 Å². The van der Waals surface area contributed by atoms with Gasteiger partial charge in [-0.1, -0.05) is 23.7 Å². The number of aldehydes is 1. The van der Waals surface area contributed by atoms with E-state index < -0.39 is 0 Å². The third-order valence-electron chi connectivity index (χ3n) is 3.05. The van der Waals surface area contributed by atoms with E-state index >= 15 is 0 Å². The molecule has 1 aromatic carbocycles. The Morgan fingerprint density at radius 3 is 2.58 bits per heavy atom. The van der Waals surface area contributed by atoms with Gasteiger partial charge in [0, 0.05) is 25.7 Å². The average molecular weight is 278 g/mol. The van der Waals surface area contributed by atoms with Crippen molar-refractivity contribution in [1.82, 2.24) is 9.78 Å². The molecule has 0 radical (unpaired) electrons. The van der Waals surface area contributed by atoms with E-state index in [1.807, 2.05) is 50.2 Å². The van der Waals surface area contributed by atoms with Crippen LogP contribution in [0.25, 0.3) is 0 Å². The summed E-state index contributed by atoms with van der Waals surface area (Å²) in [4.78, 5) is 13.2. The molecule has 4 nitrogen and oxygen atoms in total. The van der Waals surface area contributed by atoms with E-state index in [9.17, 15) is 4.79 Å². The van der Waals surface area contributed by atoms with Gasteiger partial charge in [0.1, 0.15) is 5.82 Å². The number of carbonyl (C=O) groups excluding carboxylic acids is 1. The van der Waals surface area contributed by atoms with Crippen molar-refractivity contribution in [2.24, 2.45) is 7.05 Å². The maximum Gasteiger partial charge on any atom is 0.155 e. The summed E-state index contributed by atoms with van der Waals surface area (Å²) in [6.07, 6.45) is 0.857. The Balaban J connectivity index is 2.27. The molecule has 0 aliphatic heterocycles. The molecule has 0 spiro atoms. The maximum atomic E-state index is 11.2. The van der Waals surface area contributed by atoms with E-state index in [-0.39, 0.29) is 0 Å². The van der Waals surface area contributed by atoms with Crippen molar-refractivity contribution in [2.75, 3.05) is 11.9 Å². The number of carbonyl (C=O) groups is 1. The molecule has 0 atom stereocenters. The first-order chi connectivity index (χ1) is 9.02. The van der Waals surface area contributed by atoms with Crippen LogP contribution >= 0.6 is 11.6 Å². The third kappa shape index (κ3) is 2.79. The number of halogens is 1. The highest BCUT2D eigenvalue weighted by atomic mass is 35.5. The zero-order chi connectivity index (χ0) is 14.0. The zero-order valence-electron chi connectivity index (χ0n) is 11.2. The molecule has 0 fully saturated rings. The minimum absolute atomic E-state index is 0.638. The number of hydrogen-bond donors (Lipinski definition) is 0. The molecule has 0 bridgehead atoms. The molecule has 19 heavy (non-hydrogen) atoms. The fraction of sp³-hybridized carbons (Fsp3) is 0.286. The molecule has 0 aliphatic rings. The van der Waals surface area contributed by atoms with Crippen LogP contribution in [-0.4, -0.2) is 23.1 Å². The summed E-state index contributed by atoms with van der Waals surface area (Å²) in [6.45, 7) is 2.53. The first kappa shape index (κ1) is 13.6. The van der Waals surface area contributed by atoms with Crippen molar-refractivity contribution in [3.05, 3.63) is 46.1 Å². The number of rotatable bonds is 4. The predicted octanol–water partition coefficient (Wildman–Crippen LogP) is 2.83. The van der Waals surface area contributed by atoms with Crippen LogP contribution < -0.4 is 4.90 Å². The van der Waals surface area contributed by atoms with E-state index in [1.165, 1.54) is 0 Å². The lowest BCUT2D eigenvalue weighted by atomic mass is 10.2. The molecule has 100 valence electrons. The second-order valence-corrected chi connectivity index (χ2v) is 4.98. The van der Waals surface area contributed by atoms with Crippen molar-refractivity contribution >= 4 is 23.7 Å². The first-order valence-corrected chi connectivity index (χ1v) is 6.35.